The molecule has 0 saturated carbocycles. The monoisotopic (exact) mass is 371 g/mol. The molecule has 0 amide bonds. The van der Waals surface area contributed by atoms with Gasteiger partial charge in [-0.2, -0.15) is 28.3 Å². The summed E-state index contributed by atoms with van der Waals surface area (Å²) in [5, 5.41) is 5.69. The third kappa shape index (κ3) is 5.13. The van der Waals surface area contributed by atoms with Crippen LogP contribution in [0.3, 0.4) is 0 Å². The number of halogens is 4. The second-order valence-corrected chi connectivity index (χ2v) is 4.78. The molecule has 1 aromatic heterocycles. The normalized spacial score (nSPS) is 11.8. The second-order valence-electron chi connectivity index (χ2n) is 4.78. The number of aromatic nitrogens is 2. The van der Waals surface area contributed by atoms with E-state index in [-0.39, 0.29) is 24.0 Å². The lowest BCUT2D eigenvalue weighted by molar-refractivity contribution is -0.139. The summed E-state index contributed by atoms with van der Waals surface area (Å²) in [6, 6.07) is 2.43. The third-order valence-electron chi connectivity index (χ3n) is 3.01. The number of nitrogens with one attached hydrogen (secondary N) is 2. The minimum Gasteiger partial charge on any atom is -0.494 e. The van der Waals surface area contributed by atoms with Crippen molar-refractivity contribution in [2.75, 3.05) is 19.0 Å². The van der Waals surface area contributed by atoms with Crippen molar-refractivity contribution in [1.82, 2.24) is 9.97 Å². The van der Waals surface area contributed by atoms with E-state index in [1.165, 1.54) is 19.5 Å². The molecule has 2 N–H and O–H groups in total. The quantitative estimate of drug-likeness (QED) is 0.567. The fourth-order valence-electron chi connectivity index (χ4n) is 1.73. The maximum Gasteiger partial charge on any atom is 0.419 e. The first-order chi connectivity index (χ1) is 12.3. The molecule has 0 aliphatic carbocycles. The molecule has 0 saturated heterocycles. The Balaban J connectivity index is 2.03. The lowest BCUT2D eigenvalue weighted by Gasteiger charge is -2.10. The van der Waals surface area contributed by atoms with E-state index in [2.05, 4.69) is 20.4 Å². The number of nitrogens with zero attached hydrogens (tertiary/aromatic N) is 3. The molecule has 0 aliphatic heterocycles. The molecule has 1 heterocycles. The smallest absolute Gasteiger partial charge is 0.419 e. The number of ether oxygens (including phenoxy) is 2. The molecule has 0 spiro atoms. The lowest BCUT2D eigenvalue weighted by Crippen LogP contribution is -2.09. The van der Waals surface area contributed by atoms with Crippen LogP contribution in [0.5, 0.6) is 11.8 Å². The highest BCUT2D eigenvalue weighted by molar-refractivity contribution is 5.49. The fourth-order valence-corrected chi connectivity index (χ4v) is 1.73. The van der Waals surface area contributed by atoms with Gasteiger partial charge in [-0.05, 0) is 18.2 Å². The molecule has 1 aromatic carbocycles. The Hall–Kier alpha value is -3.24. The van der Waals surface area contributed by atoms with Crippen LogP contribution in [0.4, 0.5) is 23.2 Å². The van der Waals surface area contributed by atoms with Crippen LogP contribution in [0.1, 0.15) is 5.56 Å². The van der Waals surface area contributed by atoms with Gasteiger partial charge >= 0.3 is 12.2 Å². The minimum absolute atomic E-state index is 0.00138. The predicted octanol–water partition coefficient (Wildman–Crippen LogP) is 4.01. The highest BCUT2D eigenvalue weighted by Gasteiger charge is 2.34. The maximum atomic E-state index is 13.2. The van der Waals surface area contributed by atoms with Gasteiger partial charge in [0, 0.05) is 11.9 Å². The van der Waals surface area contributed by atoms with Crippen molar-refractivity contribution in [3.05, 3.63) is 53.9 Å². The van der Waals surface area contributed by atoms with Crippen molar-refractivity contribution in [3.63, 3.8) is 0 Å². The Bertz CT molecular complexity index is 794. The average Bonchev–Trinajstić information content (AvgIpc) is 2.62. The van der Waals surface area contributed by atoms with E-state index >= 15 is 0 Å². The molecular weight excluding hydrogens is 358 g/mol. The zero-order valence-corrected chi connectivity index (χ0v) is 13.3. The summed E-state index contributed by atoms with van der Waals surface area (Å²) in [5.41, 5.74) is 5.68. The van der Waals surface area contributed by atoms with Crippen LogP contribution in [0.15, 0.2) is 47.6 Å². The van der Waals surface area contributed by atoms with Gasteiger partial charge in [0.05, 0.1) is 25.1 Å². The Labute approximate surface area is 145 Å². The zero-order chi connectivity index (χ0) is 19.2. The number of anilines is 1. The van der Waals surface area contributed by atoms with Crippen LogP contribution in [-0.4, -0.2) is 23.7 Å². The van der Waals surface area contributed by atoms with Gasteiger partial charge in [0.1, 0.15) is 18.1 Å². The minimum atomic E-state index is -4.82. The summed E-state index contributed by atoms with van der Waals surface area (Å²) >= 11 is 0. The van der Waals surface area contributed by atoms with E-state index in [9.17, 15) is 17.6 Å². The van der Waals surface area contributed by atoms with E-state index in [1.54, 1.807) is 0 Å². The van der Waals surface area contributed by atoms with Crippen molar-refractivity contribution in [2.24, 2.45) is 5.11 Å². The third-order valence-corrected chi connectivity index (χ3v) is 3.01. The van der Waals surface area contributed by atoms with Gasteiger partial charge in [-0.1, -0.05) is 0 Å². The first-order valence-electron chi connectivity index (χ1n) is 7.02. The number of hydrogen-bond donors (Lipinski definition) is 2. The highest BCUT2D eigenvalue weighted by Crippen LogP contribution is 2.33. The summed E-state index contributed by atoms with van der Waals surface area (Å²) in [4.78, 5) is 7.69. The molecule has 2 aromatic rings. The van der Waals surface area contributed by atoms with Crippen LogP contribution in [0.25, 0.3) is 0 Å². The standard InChI is InChI=1S/C15H13F4N5O2/c1-25-11-6-22-14(23-7-11)26-8-10(24-20)5-21-9-2-3-13(16)12(4-9)15(17,18)19/h2-7,20-21H,8H2,1H3/b10-5-,24-20?. The van der Waals surface area contributed by atoms with E-state index in [1.807, 2.05) is 0 Å². The number of methoxy groups -OCH3 is 1. The number of rotatable bonds is 7. The second kappa shape index (κ2) is 8.23. The topological polar surface area (TPSA) is 92.5 Å². The molecule has 0 bridgehead atoms. The molecule has 0 unspecified atom stereocenters. The average molecular weight is 371 g/mol. The molecule has 26 heavy (non-hydrogen) atoms. The van der Waals surface area contributed by atoms with Gasteiger partial charge in [-0.25, -0.2) is 9.92 Å². The van der Waals surface area contributed by atoms with Gasteiger partial charge < -0.3 is 14.8 Å². The van der Waals surface area contributed by atoms with Crippen LogP contribution in [0.2, 0.25) is 0 Å². The van der Waals surface area contributed by atoms with Crippen LogP contribution >= 0.6 is 0 Å². The van der Waals surface area contributed by atoms with Gasteiger partial charge in [0.25, 0.3) is 0 Å². The summed E-state index contributed by atoms with van der Waals surface area (Å²) in [5.74, 6) is -0.950. The maximum absolute atomic E-state index is 13.2. The first-order valence-corrected chi connectivity index (χ1v) is 7.02. The Morgan fingerprint density at radius 2 is 2.00 bits per heavy atom. The van der Waals surface area contributed by atoms with E-state index in [4.69, 9.17) is 15.0 Å². The van der Waals surface area contributed by atoms with Crippen molar-refractivity contribution in [3.8, 4) is 11.8 Å². The van der Waals surface area contributed by atoms with Crippen LogP contribution in [0, 0.1) is 11.3 Å². The van der Waals surface area contributed by atoms with Gasteiger partial charge in [-0.15, -0.1) is 0 Å². The van der Waals surface area contributed by atoms with Crippen molar-refractivity contribution in [2.45, 2.75) is 6.18 Å². The van der Waals surface area contributed by atoms with E-state index in [0.717, 1.165) is 12.3 Å². The van der Waals surface area contributed by atoms with Crippen molar-refractivity contribution < 1.29 is 27.0 Å². The Morgan fingerprint density at radius 3 is 2.58 bits per heavy atom. The van der Waals surface area contributed by atoms with Crippen molar-refractivity contribution >= 4 is 5.69 Å². The molecule has 7 nitrogen and oxygen atoms in total. The van der Waals surface area contributed by atoms with Gasteiger partial charge in [0.2, 0.25) is 0 Å². The largest absolute Gasteiger partial charge is 0.494 e. The predicted molar refractivity (Wildman–Crippen MR) is 82.3 cm³/mol. The SMILES string of the molecule is COc1cnc(OC/C(=C/Nc2ccc(F)c(C(F)(F)F)c2)N=N)nc1. The number of hydrogen-bond acceptors (Lipinski definition) is 7. The molecule has 11 heteroatoms. The van der Waals surface area contributed by atoms with E-state index < -0.39 is 17.6 Å². The van der Waals surface area contributed by atoms with Gasteiger partial charge in [0.15, 0.2) is 5.75 Å². The van der Waals surface area contributed by atoms with Gasteiger partial charge in [-0.3, -0.25) is 0 Å². The summed E-state index contributed by atoms with van der Waals surface area (Å²) in [6.45, 7) is -0.212. The summed E-state index contributed by atoms with van der Waals surface area (Å²) in [7, 11) is 1.45. The zero-order valence-electron chi connectivity index (χ0n) is 13.3. The number of benzene rings is 1. The molecule has 0 fully saturated rings. The van der Waals surface area contributed by atoms with Crippen LogP contribution < -0.4 is 14.8 Å². The molecule has 2 rings (SSSR count). The molecule has 138 valence electrons. The lowest BCUT2D eigenvalue weighted by atomic mass is 10.2. The molecule has 0 radical (unpaired) electrons. The highest BCUT2D eigenvalue weighted by atomic mass is 19.4. The number of alkyl halides is 3. The molecule has 0 atom stereocenters. The Morgan fingerprint density at radius 1 is 1.31 bits per heavy atom. The molecule has 0 aliphatic rings. The molecular formula is C15H13F4N5O2. The fraction of sp³-hybridized carbons (Fsp3) is 0.200. The Kier molecular flexibility index (Phi) is 6.04. The van der Waals surface area contributed by atoms with Crippen LogP contribution in [-0.2, 0) is 6.18 Å². The summed E-state index contributed by atoms with van der Waals surface area (Å²) in [6.07, 6.45) is -0.912. The van der Waals surface area contributed by atoms with Crippen molar-refractivity contribution in [1.29, 1.82) is 5.53 Å². The van der Waals surface area contributed by atoms with E-state index in [0.29, 0.717) is 17.9 Å². The first kappa shape index (κ1) is 19.1. The summed E-state index contributed by atoms with van der Waals surface area (Å²) < 4.78 is 61.4.